The van der Waals surface area contributed by atoms with Crippen molar-refractivity contribution in [3.8, 4) is 6.07 Å². The van der Waals surface area contributed by atoms with Crippen molar-refractivity contribution in [2.24, 2.45) is 0 Å². The summed E-state index contributed by atoms with van der Waals surface area (Å²) in [4.78, 5) is 25.9. The highest BCUT2D eigenvalue weighted by Crippen LogP contribution is 2.14. The second-order valence-electron chi connectivity index (χ2n) is 7.02. The fraction of sp³-hybridized carbons (Fsp3) is 0.476. The molecule has 156 valence electrons. The van der Waals surface area contributed by atoms with Gasteiger partial charge in [0.2, 0.25) is 0 Å². The SMILES string of the molecule is CSCCC(NC(=O)/C(C#N)=C\NC1CCN(Cc2ccccc2)CC1)C(=O)O. The Morgan fingerprint density at radius 3 is 2.62 bits per heavy atom. The molecule has 7 nitrogen and oxygen atoms in total. The van der Waals surface area contributed by atoms with Crippen LogP contribution in [0.2, 0.25) is 0 Å². The number of likely N-dealkylation sites (tertiary alicyclic amines) is 1. The Labute approximate surface area is 176 Å². The zero-order valence-corrected chi connectivity index (χ0v) is 17.5. The summed E-state index contributed by atoms with van der Waals surface area (Å²) >= 11 is 1.51. The molecule has 1 unspecified atom stereocenters. The van der Waals surface area contributed by atoms with Crippen LogP contribution in [0.25, 0.3) is 0 Å². The molecule has 8 heteroatoms. The van der Waals surface area contributed by atoms with Crippen LogP contribution in [0.4, 0.5) is 0 Å². The van der Waals surface area contributed by atoms with E-state index in [0.717, 1.165) is 32.5 Å². The van der Waals surface area contributed by atoms with Crippen LogP contribution in [0.15, 0.2) is 42.1 Å². The number of piperidine rings is 1. The first-order chi connectivity index (χ1) is 14.0. The van der Waals surface area contributed by atoms with E-state index in [0.29, 0.717) is 12.2 Å². The molecule has 29 heavy (non-hydrogen) atoms. The van der Waals surface area contributed by atoms with Crippen molar-refractivity contribution in [3.05, 3.63) is 47.7 Å². The van der Waals surface area contributed by atoms with Crippen LogP contribution in [0.3, 0.4) is 0 Å². The van der Waals surface area contributed by atoms with Crippen molar-refractivity contribution >= 4 is 23.6 Å². The van der Waals surface area contributed by atoms with Crippen molar-refractivity contribution in [1.82, 2.24) is 15.5 Å². The van der Waals surface area contributed by atoms with Crippen LogP contribution in [0.5, 0.6) is 0 Å². The van der Waals surface area contributed by atoms with Gasteiger partial charge in [0.05, 0.1) is 0 Å². The normalized spacial score (nSPS) is 16.6. The van der Waals surface area contributed by atoms with Crippen molar-refractivity contribution < 1.29 is 14.7 Å². The lowest BCUT2D eigenvalue weighted by molar-refractivity contribution is -0.141. The van der Waals surface area contributed by atoms with Crippen molar-refractivity contribution in [1.29, 1.82) is 5.26 Å². The number of carboxylic acids is 1. The number of hydrogen-bond acceptors (Lipinski definition) is 6. The maximum absolute atomic E-state index is 12.3. The molecule has 0 aromatic heterocycles. The fourth-order valence-electron chi connectivity index (χ4n) is 3.18. The molecular weight excluding hydrogens is 388 g/mol. The summed E-state index contributed by atoms with van der Waals surface area (Å²) in [5, 5.41) is 24.1. The first-order valence-corrected chi connectivity index (χ1v) is 11.1. The van der Waals surface area contributed by atoms with Gasteiger partial charge in [-0.15, -0.1) is 0 Å². The summed E-state index contributed by atoms with van der Waals surface area (Å²) in [6.45, 7) is 2.79. The number of benzene rings is 1. The average Bonchev–Trinajstić information content (AvgIpc) is 2.73. The van der Waals surface area contributed by atoms with Gasteiger partial charge < -0.3 is 15.7 Å². The molecule has 0 spiro atoms. The number of carbonyl (C=O) groups excluding carboxylic acids is 1. The van der Waals surface area contributed by atoms with Gasteiger partial charge >= 0.3 is 5.97 Å². The van der Waals surface area contributed by atoms with Crippen LogP contribution in [0.1, 0.15) is 24.8 Å². The number of amides is 1. The molecule has 3 N–H and O–H groups in total. The lowest BCUT2D eigenvalue weighted by atomic mass is 10.0. The number of hydrogen-bond donors (Lipinski definition) is 3. The van der Waals surface area contributed by atoms with E-state index < -0.39 is 17.9 Å². The van der Waals surface area contributed by atoms with Gasteiger partial charge in [0.1, 0.15) is 17.7 Å². The highest BCUT2D eigenvalue weighted by Gasteiger charge is 2.22. The van der Waals surface area contributed by atoms with E-state index in [9.17, 15) is 20.0 Å². The molecule has 1 atom stereocenters. The van der Waals surface area contributed by atoms with Gasteiger partial charge in [-0.05, 0) is 36.8 Å². The molecule has 1 aromatic rings. The van der Waals surface area contributed by atoms with E-state index in [2.05, 4.69) is 27.7 Å². The molecule has 0 aliphatic carbocycles. The third-order valence-electron chi connectivity index (χ3n) is 4.88. The van der Waals surface area contributed by atoms with Crippen molar-refractivity contribution in [2.45, 2.75) is 37.9 Å². The van der Waals surface area contributed by atoms with E-state index in [-0.39, 0.29) is 11.6 Å². The summed E-state index contributed by atoms with van der Waals surface area (Å²) in [7, 11) is 0. The summed E-state index contributed by atoms with van der Waals surface area (Å²) in [6, 6.07) is 11.4. The second-order valence-corrected chi connectivity index (χ2v) is 8.00. The summed E-state index contributed by atoms with van der Waals surface area (Å²) < 4.78 is 0. The summed E-state index contributed by atoms with van der Waals surface area (Å²) in [5.41, 5.74) is 1.18. The van der Waals surface area contributed by atoms with E-state index in [1.165, 1.54) is 23.5 Å². The minimum Gasteiger partial charge on any atom is -0.480 e. The first kappa shape index (κ1) is 22.8. The molecular formula is C21H28N4O3S. The minimum atomic E-state index is -1.09. The lowest BCUT2D eigenvalue weighted by Crippen LogP contribution is -2.43. The van der Waals surface area contributed by atoms with E-state index in [1.54, 1.807) is 0 Å². The van der Waals surface area contributed by atoms with Gasteiger partial charge in [-0.2, -0.15) is 17.0 Å². The first-order valence-electron chi connectivity index (χ1n) is 9.68. The molecule has 1 amide bonds. The molecule has 0 saturated carbocycles. The molecule has 1 aliphatic heterocycles. The van der Waals surface area contributed by atoms with Gasteiger partial charge in [-0.25, -0.2) is 4.79 Å². The summed E-state index contributed by atoms with van der Waals surface area (Å²) in [5.74, 6) is -1.14. The van der Waals surface area contributed by atoms with Crippen LogP contribution in [-0.4, -0.2) is 59.1 Å². The standard InChI is InChI=1S/C21H28N4O3S/c1-29-12-9-19(21(27)28)24-20(26)17(13-22)14-23-18-7-10-25(11-8-18)15-16-5-3-2-4-6-16/h2-6,14,18-19,23H,7-12,15H2,1H3,(H,24,26)(H,27,28)/b17-14-. The smallest absolute Gasteiger partial charge is 0.326 e. The number of carbonyl (C=O) groups is 2. The Bertz CT molecular complexity index is 740. The largest absolute Gasteiger partial charge is 0.480 e. The minimum absolute atomic E-state index is 0.105. The number of nitrogens with zero attached hydrogens (tertiary/aromatic N) is 2. The quantitative estimate of drug-likeness (QED) is 0.395. The third-order valence-corrected chi connectivity index (χ3v) is 5.52. The number of nitriles is 1. The molecule has 0 radical (unpaired) electrons. The van der Waals surface area contributed by atoms with Gasteiger partial charge in [0.25, 0.3) is 5.91 Å². The second kappa shape index (κ2) is 12.1. The van der Waals surface area contributed by atoms with E-state index in [4.69, 9.17) is 0 Å². The van der Waals surface area contributed by atoms with Crippen LogP contribution < -0.4 is 10.6 Å². The Morgan fingerprint density at radius 1 is 1.34 bits per heavy atom. The molecule has 1 heterocycles. The Balaban J connectivity index is 1.82. The maximum atomic E-state index is 12.3. The van der Waals surface area contributed by atoms with Crippen molar-refractivity contribution in [3.63, 3.8) is 0 Å². The maximum Gasteiger partial charge on any atom is 0.326 e. The fourth-order valence-corrected chi connectivity index (χ4v) is 3.65. The Kier molecular flexibility index (Phi) is 9.54. The lowest BCUT2D eigenvalue weighted by Gasteiger charge is -2.32. The predicted octanol–water partition coefficient (Wildman–Crippen LogP) is 1.97. The van der Waals surface area contributed by atoms with Crippen LogP contribution in [0, 0.1) is 11.3 Å². The molecule has 2 rings (SSSR count). The van der Waals surface area contributed by atoms with Gasteiger partial charge in [-0.1, -0.05) is 30.3 Å². The number of thioether (sulfide) groups is 1. The zero-order chi connectivity index (χ0) is 21.1. The predicted molar refractivity (Wildman–Crippen MR) is 114 cm³/mol. The molecule has 1 fully saturated rings. The molecule has 1 aromatic carbocycles. The van der Waals surface area contributed by atoms with Gasteiger partial charge in [0.15, 0.2) is 0 Å². The van der Waals surface area contributed by atoms with Crippen LogP contribution >= 0.6 is 11.8 Å². The Morgan fingerprint density at radius 2 is 2.03 bits per heavy atom. The number of aliphatic carboxylic acids is 1. The highest BCUT2D eigenvalue weighted by molar-refractivity contribution is 7.98. The molecule has 0 bridgehead atoms. The summed E-state index contributed by atoms with van der Waals surface area (Å²) in [6.07, 6.45) is 5.43. The Hall–Kier alpha value is -2.50. The van der Waals surface area contributed by atoms with Gasteiger partial charge in [-0.3, -0.25) is 9.69 Å². The van der Waals surface area contributed by atoms with E-state index in [1.807, 2.05) is 30.5 Å². The molecule has 1 saturated heterocycles. The van der Waals surface area contributed by atoms with Crippen molar-refractivity contribution in [2.75, 3.05) is 25.1 Å². The van der Waals surface area contributed by atoms with Crippen LogP contribution in [-0.2, 0) is 16.1 Å². The van der Waals surface area contributed by atoms with E-state index >= 15 is 0 Å². The number of nitrogens with one attached hydrogen (secondary N) is 2. The molecule has 1 aliphatic rings. The topological polar surface area (TPSA) is 105 Å². The monoisotopic (exact) mass is 416 g/mol. The number of rotatable bonds is 10. The third kappa shape index (κ3) is 7.80. The zero-order valence-electron chi connectivity index (χ0n) is 16.6. The van der Waals surface area contributed by atoms with Gasteiger partial charge in [0, 0.05) is 31.9 Å². The number of carboxylic acid groups (broad SMARTS) is 1. The highest BCUT2D eigenvalue weighted by atomic mass is 32.2. The average molecular weight is 417 g/mol.